The fourth-order valence-electron chi connectivity index (χ4n) is 9.12. The van der Waals surface area contributed by atoms with Crippen LogP contribution >= 0.6 is 0 Å². The summed E-state index contributed by atoms with van der Waals surface area (Å²) in [6.07, 6.45) is 1.81. The number of furan rings is 2. The Balaban J connectivity index is 0.000000289. The summed E-state index contributed by atoms with van der Waals surface area (Å²) in [6, 6.07) is 55.2. The fourth-order valence-corrected chi connectivity index (χ4v) is 9.12. The van der Waals surface area contributed by atoms with Crippen molar-refractivity contribution in [2.75, 3.05) is 0 Å². The first-order valence-corrected chi connectivity index (χ1v) is 23.4. The summed E-state index contributed by atoms with van der Waals surface area (Å²) in [5.41, 5.74) is 15.7. The molecule has 0 aliphatic carbocycles. The van der Waals surface area contributed by atoms with E-state index in [9.17, 15) is 0 Å². The van der Waals surface area contributed by atoms with Gasteiger partial charge in [0.1, 0.15) is 16.7 Å². The SMILES string of the molecule is CC(C)(C)c1ccnc(-c2[c-]cccc2)n1.CC(C)c1cc(-c2ccccc2)cc(C(C)C)c1-n1c(-c2[c-]ccc3c2oc2cc4c(cc23)oc2ccccc24)nc2cc(C(C)(C)C)ccc21.[Ir]. The number of imidazole rings is 1. The third-order valence-corrected chi connectivity index (χ3v) is 12.8. The molecule has 11 aromatic rings. The van der Waals surface area contributed by atoms with Crippen LogP contribution in [0.3, 0.4) is 0 Å². The fraction of sp³-hybridized carbons (Fsp3) is 0.230. The molecule has 0 spiro atoms. The molecule has 0 N–H and O–H groups in total. The van der Waals surface area contributed by atoms with Crippen LogP contribution in [-0.4, -0.2) is 19.5 Å². The molecular weight excluding hydrogens is 1010 g/mol. The first-order valence-electron chi connectivity index (χ1n) is 23.4. The van der Waals surface area contributed by atoms with Gasteiger partial charge in [-0.3, -0.25) is 15.0 Å². The predicted octanol–water partition coefficient (Wildman–Crippen LogP) is 16.7. The molecule has 0 atom stereocenters. The van der Waals surface area contributed by atoms with Crippen LogP contribution < -0.4 is 0 Å². The van der Waals surface area contributed by atoms with Crippen molar-refractivity contribution >= 4 is 54.9 Å². The maximum atomic E-state index is 6.84. The van der Waals surface area contributed by atoms with Crippen molar-refractivity contribution in [2.24, 2.45) is 0 Å². The predicted molar refractivity (Wildman–Crippen MR) is 277 cm³/mol. The molecule has 6 nitrogen and oxygen atoms in total. The number of nitrogens with zero attached hydrogens (tertiary/aromatic N) is 4. The van der Waals surface area contributed by atoms with E-state index in [2.05, 4.69) is 181 Å². The topological polar surface area (TPSA) is 69.9 Å². The number of rotatable bonds is 6. The van der Waals surface area contributed by atoms with E-state index >= 15 is 0 Å². The summed E-state index contributed by atoms with van der Waals surface area (Å²) in [4.78, 5) is 14.3. The zero-order valence-corrected chi connectivity index (χ0v) is 42.8. The van der Waals surface area contributed by atoms with Gasteiger partial charge in [-0.1, -0.05) is 135 Å². The second kappa shape index (κ2) is 18.1. The van der Waals surface area contributed by atoms with Gasteiger partial charge in [-0.05, 0) is 93.6 Å². The maximum Gasteiger partial charge on any atom is 0.136 e. The minimum absolute atomic E-state index is 0. The molecule has 0 saturated heterocycles. The van der Waals surface area contributed by atoms with E-state index in [4.69, 9.17) is 13.8 Å². The Hall–Kier alpha value is -6.66. The van der Waals surface area contributed by atoms with Gasteiger partial charge in [-0.2, -0.15) is 0 Å². The minimum atomic E-state index is -0.0202. The van der Waals surface area contributed by atoms with E-state index in [0.717, 1.165) is 83.4 Å². The van der Waals surface area contributed by atoms with Crippen LogP contribution in [-0.2, 0) is 30.9 Å². The molecule has 0 fully saturated rings. The molecule has 0 bridgehead atoms. The molecule has 1 radical (unpaired) electrons. The number of fused-ring (bicyclic) bond motifs is 7. The van der Waals surface area contributed by atoms with Crippen LogP contribution in [0.5, 0.6) is 0 Å². The third-order valence-electron chi connectivity index (χ3n) is 12.8. The average molecular weight is 1070 g/mol. The monoisotopic (exact) mass is 1070 g/mol. The molecule has 0 aliphatic rings. The van der Waals surface area contributed by atoms with Crippen molar-refractivity contribution in [1.82, 2.24) is 19.5 Å². The maximum absolute atomic E-state index is 6.84. The summed E-state index contributed by atoms with van der Waals surface area (Å²) in [5.74, 6) is 2.09. The molecule has 4 heterocycles. The van der Waals surface area contributed by atoms with Gasteiger partial charge in [0.2, 0.25) is 0 Å². The van der Waals surface area contributed by atoms with E-state index in [0.29, 0.717) is 0 Å². The van der Waals surface area contributed by atoms with Crippen LogP contribution in [0.15, 0.2) is 155 Å². The zero-order valence-electron chi connectivity index (χ0n) is 40.4. The quantitative estimate of drug-likeness (QED) is 0.155. The molecule has 343 valence electrons. The molecule has 0 amide bonds. The smallest absolute Gasteiger partial charge is 0.136 e. The Bertz CT molecular complexity index is 3570. The molecule has 4 aromatic heterocycles. The standard InChI is InChI=1S/C47H41N2O2.C14H15N2.Ir/c1-27(2)35-22-30(29-14-9-8-10-15-29)23-36(28(3)4)44(35)49-40-21-20-31(47(5,6)7)24-39(40)48-46(49)34-18-13-17-33-38-26-42-37(25-43(38)51-45(33)34)32-16-11-12-19-41(32)50-42;1-14(2,3)12-9-10-15-13(16-12)11-7-5-4-6-8-11;/h8-17,19-28H,1-7H3;4-7,9-10H,1-3H3;/q2*-1;. The number of para-hydroxylation sites is 1. The first kappa shape index (κ1) is 46.4. The van der Waals surface area contributed by atoms with Gasteiger partial charge in [0, 0.05) is 59.3 Å². The summed E-state index contributed by atoms with van der Waals surface area (Å²) >= 11 is 0. The molecule has 7 heteroatoms. The molecule has 68 heavy (non-hydrogen) atoms. The summed E-state index contributed by atoms with van der Waals surface area (Å²) in [7, 11) is 0. The van der Waals surface area contributed by atoms with Gasteiger partial charge in [0.15, 0.2) is 0 Å². The summed E-state index contributed by atoms with van der Waals surface area (Å²) in [6.45, 7) is 22.4. The van der Waals surface area contributed by atoms with E-state index in [1.54, 1.807) is 0 Å². The van der Waals surface area contributed by atoms with E-state index in [1.807, 2.05) is 60.8 Å². The van der Waals surface area contributed by atoms with Crippen LogP contribution in [0.25, 0.3) is 94.5 Å². The average Bonchev–Trinajstić information content (AvgIpc) is 4.01. The molecule has 7 aromatic carbocycles. The van der Waals surface area contributed by atoms with Crippen molar-refractivity contribution in [3.63, 3.8) is 0 Å². The summed E-state index contributed by atoms with van der Waals surface area (Å²) < 4.78 is 15.5. The van der Waals surface area contributed by atoms with Crippen LogP contribution in [0.2, 0.25) is 0 Å². The molecule has 0 saturated carbocycles. The van der Waals surface area contributed by atoms with Gasteiger partial charge >= 0.3 is 0 Å². The van der Waals surface area contributed by atoms with Crippen LogP contribution in [0.4, 0.5) is 0 Å². The number of hydrogen-bond donors (Lipinski definition) is 0. The largest absolute Gasteiger partial charge is 0.501 e. The molecular formula is C61H56IrN4O2-2. The van der Waals surface area contributed by atoms with Crippen molar-refractivity contribution < 1.29 is 28.9 Å². The normalized spacial score (nSPS) is 12.1. The Morgan fingerprint density at radius 3 is 1.91 bits per heavy atom. The van der Waals surface area contributed by atoms with Gasteiger partial charge in [0.25, 0.3) is 0 Å². The van der Waals surface area contributed by atoms with Crippen molar-refractivity contribution in [3.05, 3.63) is 180 Å². The number of benzene rings is 7. The Morgan fingerprint density at radius 1 is 0.559 bits per heavy atom. The Labute approximate surface area is 412 Å². The van der Waals surface area contributed by atoms with Crippen LogP contribution in [0, 0.1) is 12.1 Å². The Kier molecular flexibility index (Phi) is 12.4. The molecule has 0 unspecified atom stereocenters. The van der Waals surface area contributed by atoms with Gasteiger partial charge in [-0.25, -0.2) is 0 Å². The van der Waals surface area contributed by atoms with Crippen molar-refractivity contribution in [1.29, 1.82) is 0 Å². The molecule has 0 aliphatic heterocycles. The first-order chi connectivity index (χ1) is 32.1. The minimum Gasteiger partial charge on any atom is -0.501 e. The third kappa shape index (κ3) is 8.59. The van der Waals surface area contributed by atoms with Gasteiger partial charge < -0.3 is 13.4 Å². The van der Waals surface area contributed by atoms with Gasteiger partial charge in [-0.15, -0.1) is 54.1 Å². The molecule has 11 rings (SSSR count). The Morgan fingerprint density at radius 2 is 1.24 bits per heavy atom. The van der Waals surface area contributed by atoms with E-state index in [-0.39, 0.29) is 42.8 Å². The van der Waals surface area contributed by atoms with E-state index < -0.39 is 0 Å². The summed E-state index contributed by atoms with van der Waals surface area (Å²) in [5, 5.41) is 4.16. The number of hydrogen-bond acceptors (Lipinski definition) is 5. The van der Waals surface area contributed by atoms with Crippen LogP contribution in [0.1, 0.15) is 103 Å². The zero-order chi connectivity index (χ0) is 46.8. The van der Waals surface area contributed by atoms with Crippen molar-refractivity contribution in [3.8, 4) is 39.6 Å². The second-order valence-corrected chi connectivity index (χ2v) is 20.3. The van der Waals surface area contributed by atoms with Crippen molar-refractivity contribution in [2.45, 2.75) is 91.9 Å². The van der Waals surface area contributed by atoms with Gasteiger partial charge in [0.05, 0.1) is 28.3 Å². The second-order valence-electron chi connectivity index (χ2n) is 20.3. The van der Waals surface area contributed by atoms with E-state index in [1.165, 1.54) is 33.5 Å². The number of aromatic nitrogens is 4.